The van der Waals surface area contributed by atoms with Crippen molar-refractivity contribution in [3.63, 3.8) is 0 Å². The normalized spacial score (nSPS) is 12.7. The zero-order chi connectivity index (χ0) is 17.9. The zero-order valence-electron chi connectivity index (χ0n) is 14.2. The van der Waals surface area contributed by atoms with Crippen molar-refractivity contribution in [3.8, 4) is 6.07 Å². The number of nitrogens with zero attached hydrogens (tertiary/aromatic N) is 4. The van der Waals surface area contributed by atoms with Crippen LogP contribution in [0.5, 0.6) is 0 Å². The molecule has 1 atom stereocenters. The quantitative estimate of drug-likeness (QED) is 0.268. The van der Waals surface area contributed by atoms with Crippen LogP contribution < -0.4 is 9.62 Å². The van der Waals surface area contributed by atoms with Gasteiger partial charge in [-0.25, -0.2) is 4.79 Å². The van der Waals surface area contributed by atoms with Crippen molar-refractivity contribution in [1.82, 2.24) is 4.72 Å². The van der Waals surface area contributed by atoms with Crippen LogP contribution in [0.25, 0.3) is 0 Å². The molecule has 0 heterocycles. The van der Waals surface area contributed by atoms with Gasteiger partial charge in [0.05, 0.1) is 12.8 Å². The van der Waals surface area contributed by atoms with Crippen LogP contribution in [0.3, 0.4) is 0 Å². The molecule has 1 N–H and O–H groups in total. The number of nitrogens with one attached hydrogen (secondary N) is 1. The van der Waals surface area contributed by atoms with Crippen LogP contribution in [0.15, 0.2) is 45.6 Å². The van der Waals surface area contributed by atoms with Gasteiger partial charge in [0.2, 0.25) is 0 Å². The van der Waals surface area contributed by atoms with Gasteiger partial charge in [0.25, 0.3) is 0 Å². The lowest BCUT2D eigenvalue weighted by Gasteiger charge is -2.11. The summed E-state index contributed by atoms with van der Waals surface area (Å²) in [5.74, 6) is -0.658. The average molecular weight is 347 g/mol. The van der Waals surface area contributed by atoms with Gasteiger partial charge in [0.15, 0.2) is 5.57 Å². The molecular weight excluding hydrogens is 326 g/mol. The maximum atomic E-state index is 11.4. The van der Waals surface area contributed by atoms with Crippen molar-refractivity contribution in [1.29, 1.82) is 5.26 Å². The SMILES string of the molecule is CCOC(=O)/C(C#N)=C/N/S(C)=N/N=C/c1ccc(N(C)C)cc1. The molecule has 0 aliphatic carbocycles. The first-order chi connectivity index (χ1) is 11.5. The molecule has 0 aliphatic rings. The molecule has 8 heteroatoms. The summed E-state index contributed by atoms with van der Waals surface area (Å²) in [4.78, 5) is 13.5. The Bertz CT molecular complexity index is 687. The summed E-state index contributed by atoms with van der Waals surface area (Å²) in [6.45, 7) is 1.90. The lowest BCUT2D eigenvalue weighted by molar-refractivity contribution is -0.138. The molecular formula is C16H21N5O2S. The highest BCUT2D eigenvalue weighted by Gasteiger charge is 2.08. The molecule has 7 nitrogen and oxygen atoms in total. The second-order valence-corrected chi connectivity index (χ2v) is 6.15. The maximum Gasteiger partial charge on any atom is 0.350 e. The van der Waals surface area contributed by atoms with Gasteiger partial charge >= 0.3 is 5.97 Å². The minimum atomic E-state index is -0.664. The van der Waals surface area contributed by atoms with E-state index in [1.165, 1.54) is 6.20 Å². The van der Waals surface area contributed by atoms with Crippen LogP contribution in [0.2, 0.25) is 0 Å². The largest absolute Gasteiger partial charge is 0.462 e. The van der Waals surface area contributed by atoms with E-state index < -0.39 is 16.8 Å². The van der Waals surface area contributed by atoms with Crippen molar-refractivity contribution < 1.29 is 9.53 Å². The first-order valence-electron chi connectivity index (χ1n) is 7.19. The topological polar surface area (TPSA) is 90.1 Å². The lowest BCUT2D eigenvalue weighted by Crippen LogP contribution is -2.13. The second kappa shape index (κ2) is 10.2. The van der Waals surface area contributed by atoms with Crippen molar-refractivity contribution >= 4 is 28.7 Å². The van der Waals surface area contributed by atoms with Crippen LogP contribution in [-0.2, 0) is 20.4 Å². The summed E-state index contributed by atoms with van der Waals surface area (Å²) < 4.78 is 11.7. The summed E-state index contributed by atoms with van der Waals surface area (Å²) in [7, 11) is 3.29. The van der Waals surface area contributed by atoms with E-state index in [2.05, 4.69) is 14.3 Å². The van der Waals surface area contributed by atoms with Crippen molar-refractivity contribution in [2.24, 2.45) is 9.57 Å². The highest BCUT2D eigenvalue weighted by molar-refractivity contribution is 7.84. The van der Waals surface area contributed by atoms with Gasteiger partial charge in [-0.05, 0) is 24.6 Å². The number of esters is 1. The van der Waals surface area contributed by atoms with E-state index in [0.29, 0.717) is 0 Å². The van der Waals surface area contributed by atoms with Crippen LogP contribution in [0.4, 0.5) is 5.69 Å². The maximum absolute atomic E-state index is 11.4. The third kappa shape index (κ3) is 6.62. The molecule has 1 unspecified atom stereocenters. The number of nitriles is 1. The van der Waals surface area contributed by atoms with Gasteiger partial charge in [0, 0.05) is 43.1 Å². The average Bonchev–Trinajstić information content (AvgIpc) is 2.56. The predicted molar refractivity (Wildman–Crippen MR) is 97.5 cm³/mol. The minimum Gasteiger partial charge on any atom is -0.462 e. The van der Waals surface area contributed by atoms with E-state index in [4.69, 9.17) is 10.00 Å². The predicted octanol–water partition coefficient (Wildman–Crippen LogP) is 1.99. The number of carbonyl (C=O) groups is 1. The number of ether oxygens (including phenoxy) is 1. The fraction of sp³-hybridized carbons (Fsp3) is 0.312. The summed E-state index contributed by atoms with van der Waals surface area (Å²) in [5, 5.41) is 12.9. The Labute approximate surface area is 144 Å². The van der Waals surface area contributed by atoms with Gasteiger partial charge in [-0.3, -0.25) is 0 Å². The lowest BCUT2D eigenvalue weighted by atomic mass is 10.2. The van der Waals surface area contributed by atoms with E-state index in [1.807, 2.05) is 43.3 Å². The first-order valence-corrected chi connectivity index (χ1v) is 8.78. The Hall–Kier alpha value is -2.66. The highest BCUT2D eigenvalue weighted by Crippen LogP contribution is 2.10. The summed E-state index contributed by atoms with van der Waals surface area (Å²) in [5.41, 5.74) is 1.94. The number of hydrogen-bond acceptors (Lipinski definition) is 5. The monoisotopic (exact) mass is 347 g/mol. The highest BCUT2D eigenvalue weighted by atomic mass is 32.2. The molecule has 0 saturated carbocycles. The molecule has 0 amide bonds. The fourth-order valence-corrected chi connectivity index (χ4v) is 2.06. The van der Waals surface area contributed by atoms with E-state index in [1.54, 1.807) is 25.5 Å². The molecule has 0 aliphatic heterocycles. The van der Waals surface area contributed by atoms with Gasteiger partial charge in [-0.15, -0.1) is 4.47 Å². The molecule has 0 bridgehead atoms. The van der Waals surface area contributed by atoms with Crippen molar-refractivity contribution in [2.75, 3.05) is 31.9 Å². The molecule has 1 aromatic rings. The summed E-state index contributed by atoms with van der Waals surface area (Å²) in [6, 6.07) is 9.66. The van der Waals surface area contributed by atoms with Gasteiger partial charge in [0.1, 0.15) is 6.07 Å². The molecule has 0 aromatic heterocycles. The molecule has 1 rings (SSSR count). The summed E-state index contributed by atoms with van der Waals surface area (Å²) >= 11 is 0. The van der Waals surface area contributed by atoms with Crippen LogP contribution >= 0.6 is 0 Å². The number of hydrogen-bond donors (Lipinski definition) is 1. The Morgan fingerprint density at radius 3 is 2.62 bits per heavy atom. The molecule has 1 aromatic carbocycles. The van der Waals surface area contributed by atoms with Crippen molar-refractivity contribution in [2.45, 2.75) is 6.92 Å². The van der Waals surface area contributed by atoms with Crippen molar-refractivity contribution in [3.05, 3.63) is 41.6 Å². The second-order valence-electron chi connectivity index (χ2n) is 4.80. The third-order valence-corrected chi connectivity index (χ3v) is 3.57. The van der Waals surface area contributed by atoms with Crippen LogP contribution in [0.1, 0.15) is 12.5 Å². The first kappa shape index (κ1) is 19.4. The fourth-order valence-electron chi connectivity index (χ4n) is 1.53. The van der Waals surface area contributed by atoms with Gasteiger partial charge < -0.3 is 14.4 Å². The minimum absolute atomic E-state index is 0.102. The molecule has 0 saturated heterocycles. The van der Waals surface area contributed by atoms with E-state index in [0.717, 1.165) is 11.3 Å². The van der Waals surface area contributed by atoms with E-state index >= 15 is 0 Å². The zero-order valence-corrected chi connectivity index (χ0v) is 15.0. The van der Waals surface area contributed by atoms with Gasteiger partial charge in [-0.2, -0.15) is 10.4 Å². The number of benzene rings is 1. The van der Waals surface area contributed by atoms with E-state index in [9.17, 15) is 4.79 Å². The third-order valence-electron chi connectivity index (χ3n) is 2.78. The number of anilines is 1. The van der Waals surface area contributed by atoms with Crippen LogP contribution in [0, 0.1) is 11.3 Å². The molecule has 0 fully saturated rings. The molecule has 0 radical (unpaired) electrons. The number of rotatable bonds is 7. The Balaban J connectivity index is 2.66. The van der Waals surface area contributed by atoms with Crippen LogP contribution in [-0.4, -0.2) is 39.1 Å². The molecule has 128 valence electrons. The summed E-state index contributed by atoms with van der Waals surface area (Å²) in [6.07, 6.45) is 4.72. The Morgan fingerprint density at radius 1 is 1.42 bits per heavy atom. The smallest absolute Gasteiger partial charge is 0.350 e. The standard InChI is InChI=1S/C16H21N5O2S/c1-5-23-16(22)14(10-17)12-19-24(4)20-18-11-13-6-8-15(9-7-13)21(2)3/h6-9,11-12H,5H2,1-4H3,(H,19,20)/b14-12+,18-11+. The molecule has 24 heavy (non-hydrogen) atoms. The number of carbonyl (C=O) groups excluding carboxylic acids is 1. The Morgan fingerprint density at radius 2 is 2.08 bits per heavy atom. The van der Waals surface area contributed by atoms with Gasteiger partial charge in [-0.1, -0.05) is 12.1 Å². The van der Waals surface area contributed by atoms with E-state index in [-0.39, 0.29) is 12.2 Å². The molecule has 0 spiro atoms. The Kier molecular flexibility index (Phi) is 8.22.